The summed E-state index contributed by atoms with van der Waals surface area (Å²) in [4.78, 5) is 30.9. The van der Waals surface area contributed by atoms with Crippen molar-refractivity contribution in [2.45, 2.75) is 32.9 Å². The van der Waals surface area contributed by atoms with Gasteiger partial charge in [-0.15, -0.1) is 11.3 Å². The number of amides is 1. The van der Waals surface area contributed by atoms with Gasteiger partial charge in [0.05, 0.1) is 17.8 Å². The van der Waals surface area contributed by atoms with Crippen LogP contribution in [0.15, 0.2) is 41.5 Å². The monoisotopic (exact) mass is 375 g/mol. The van der Waals surface area contributed by atoms with E-state index >= 15 is 0 Å². The van der Waals surface area contributed by atoms with Crippen molar-refractivity contribution in [2.75, 3.05) is 0 Å². The molecule has 3 aromatic rings. The number of thiophene rings is 1. The Bertz CT molecular complexity index is 963. The molecule has 1 N–H and O–H groups in total. The van der Waals surface area contributed by atoms with Crippen LogP contribution in [0.3, 0.4) is 0 Å². The molecule has 1 aromatic carbocycles. The summed E-state index contributed by atoms with van der Waals surface area (Å²) >= 11 is 7.39. The zero-order valence-corrected chi connectivity index (χ0v) is 15.5. The average molecular weight is 376 g/mol. The third kappa shape index (κ3) is 3.91. The van der Waals surface area contributed by atoms with Gasteiger partial charge in [0.2, 0.25) is 5.91 Å². The first-order valence-electron chi connectivity index (χ1n) is 8.00. The molecule has 5 nitrogen and oxygen atoms in total. The van der Waals surface area contributed by atoms with Crippen LogP contribution in [0.4, 0.5) is 0 Å². The van der Waals surface area contributed by atoms with E-state index in [-0.39, 0.29) is 24.1 Å². The molecule has 1 atom stereocenters. The summed E-state index contributed by atoms with van der Waals surface area (Å²) in [6, 6.07) is 8.98. The number of fused-ring (bicyclic) bond motifs is 1. The Morgan fingerprint density at radius 1 is 1.36 bits per heavy atom. The summed E-state index contributed by atoms with van der Waals surface area (Å²) < 4.78 is 1.35. The van der Waals surface area contributed by atoms with Gasteiger partial charge in [0, 0.05) is 9.90 Å². The van der Waals surface area contributed by atoms with Crippen LogP contribution in [-0.2, 0) is 17.8 Å². The maximum absolute atomic E-state index is 12.5. The Morgan fingerprint density at radius 2 is 2.08 bits per heavy atom. The van der Waals surface area contributed by atoms with Gasteiger partial charge in [-0.25, -0.2) is 4.98 Å². The number of aryl methyl sites for hydroxylation is 1. The van der Waals surface area contributed by atoms with Crippen LogP contribution in [0, 0.1) is 0 Å². The van der Waals surface area contributed by atoms with E-state index < -0.39 is 0 Å². The highest BCUT2D eigenvalue weighted by Crippen LogP contribution is 2.21. The van der Waals surface area contributed by atoms with Gasteiger partial charge in [-0.1, -0.05) is 30.7 Å². The summed E-state index contributed by atoms with van der Waals surface area (Å²) in [7, 11) is 0. The number of aromatic nitrogens is 2. The van der Waals surface area contributed by atoms with Gasteiger partial charge in [0.15, 0.2) is 0 Å². The number of carbonyl (C=O) groups excluding carboxylic acids is 1. The van der Waals surface area contributed by atoms with E-state index in [1.807, 2.05) is 32.0 Å². The predicted molar refractivity (Wildman–Crippen MR) is 101 cm³/mol. The molecule has 0 bridgehead atoms. The van der Waals surface area contributed by atoms with Crippen molar-refractivity contribution in [3.05, 3.63) is 62.5 Å². The lowest BCUT2D eigenvalue weighted by Crippen LogP contribution is -2.33. The Kier molecular flexibility index (Phi) is 5.20. The fraction of sp³-hybridized carbons (Fsp3) is 0.278. The highest BCUT2D eigenvalue weighted by atomic mass is 35.5. The second-order valence-electron chi connectivity index (χ2n) is 5.80. The second kappa shape index (κ2) is 7.37. The first-order valence-corrected chi connectivity index (χ1v) is 9.20. The molecule has 0 aliphatic rings. The summed E-state index contributed by atoms with van der Waals surface area (Å²) in [5.74, 6) is -0.239. The smallest absolute Gasteiger partial charge is 0.262 e. The Balaban J connectivity index is 1.74. The summed E-state index contributed by atoms with van der Waals surface area (Å²) in [6.07, 6.45) is 2.30. The molecule has 25 heavy (non-hydrogen) atoms. The van der Waals surface area contributed by atoms with Crippen LogP contribution < -0.4 is 10.9 Å². The van der Waals surface area contributed by atoms with Crippen molar-refractivity contribution in [1.29, 1.82) is 0 Å². The van der Waals surface area contributed by atoms with Gasteiger partial charge in [-0.3, -0.25) is 14.2 Å². The Labute approximate surface area is 154 Å². The van der Waals surface area contributed by atoms with Gasteiger partial charge in [-0.05, 0) is 37.1 Å². The average Bonchev–Trinajstić information content (AvgIpc) is 3.02. The molecule has 0 saturated heterocycles. The zero-order valence-electron chi connectivity index (χ0n) is 14.0. The highest BCUT2D eigenvalue weighted by Gasteiger charge is 2.13. The largest absolute Gasteiger partial charge is 0.348 e. The Hall–Kier alpha value is -2.18. The second-order valence-corrected chi connectivity index (χ2v) is 7.36. The van der Waals surface area contributed by atoms with Gasteiger partial charge in [0.25, 0.3) is 5.56 Å². The molecule has 0 spiro atoms. The van der Waals surface area contributed by atoms with E-state index in [0.717, 1.165) is 16.9 Å². The topological polar surface area (TPSA) is 64.0 Å². The quantitative estimate of drug-likeness (QED) is 0.741. The van der Waals surface area contributed by atoms with Crippen LogP contribution in [0.25, 0.3) is 10.2 Å². The molecule has 0 aliphatic heterocycles. The fourth-order valence-electron chi connectivity index (χ4n) is 2.57. The highest BCUT2D eigenvalue weighted by molar-refractivity contribution is 7.18. The van der Waals surface area contributed by atoms with Gasteiger partial charge in [-0.2, -0.15) is 0 Å². The van der Waals surface area contributed by atoms with Crippen molar-refractivity contribution >= 4 is 39.1 Å². The standard InChI is InChI=1S/C18H18ClN3O2S/c1-3-14-8-15-17(25-14)20-10-22(18(15)24)9-16(23)21-11(2)12-4-6-13(19)7-5-12/h4-8,10-11H,3,9H2,1-2H3,(H,21,23). The van der Waals surface area contributed by atoms with Crippen LogP contribution in [0.5, 0.6) is 0 Å². The SMILES string of the molecule is CCc1cc2c(=O)n(CC(=O)NC(C)c3ccc(Cl)cc3)cnc2s1. The number of nitrogens with one attached hydrogen (secondary N) is 1. The first-order chi connectivity index (χ1) is 12.0. The predicted octanol–water partition coefficient (Wildman–Crippen LogP) is 3.55. The van der Waals surface area contributed by atoms with Crippen molar-refractivity contribution in [2.24, 2.45) is 0 Å². The van der Waals surface area contributed by atoms with E-state index in [0.29, 0.717) is 15.2 Å². The molecule has 7 heteroatoms. The third-order valence-electron chi connectivity index (χ3n) is 3.98. The van der Waals surface area contributed by atoms with Crippen LogP contribution >= 0.6 is 22.9 Å². The Morgan fingerprint density at radius 3 is 2.76 bits per heavy atom. The molecule has 1 amide bonds. The third-order valence-corrected chi connectivity index (χ3v) is 5.42. The molecule has 2 heterocycles. The number of halogens is 1. The zero-order chi connectivity index (χ0) is 18.0. The minimum atomic E-state index is -0.239. The molecule has 130 valence electrons. The molecular formula is C18H18ClN3O2S. The van der Waals surface area contributed by atoms with E-state index in [1.165, 1.54) is 22.2 Å². The van der Waals surface area contributed by atoms with Gasteiger partial charge >= 0.3 is 0 Å². The maximum Gasteiger partial charge on any atom is 0.262 e. The molecule has 0 saturated carbocycles. The van der Waals surface area contributed by atoms with E-state index in [9.17, 15) is 9.59 Å². The van der Waals surface area contributed by atoms with Crippen LogP contribution in [-0.4, -0.2) is 15.5 Å². The first kappa shape index (κ1) is 17.6. The van der Waals surface area contributed by atoms with Crippen molar-refractivity contribution < 1.29 is 4.79 Å². The maximum atomic E-state index is 12.5. The van der Waals surface area contributed by atoms with E-state index in [4.69, 9.17) is 11.6 Å². The van der Waals surface area contributed by atoms with Gasteiger partial charge < -0.3 is 5.32 Å². The number of hydrogen-bond donors (Lipinski definition) is 1. The molecule has 1 unspecified atom stereocenters. The van der Waals surface area contributed by atoms with E-state index in [1.54, 1.807) is 12.1 Å². The summed E-state index contributed by atoms with van der Waals surface area (Å²) in [5, 5.41) is 4.11. The summed E-state index contributed by atoms with van der Waals surface area (Å²) in [5.41, 5.74) is 0.763. The number of rotatable bonds is 5. The fourth-order valence-corrected chi connectivity index (χ4v) is 3.62. The molecular weight excluding hydrogens is 358 g/mol. The number of nitrogens with zero attached hydrogens (tertiary/aromatic N) is 2. The molecule has 0 radical (unpaired) electrons. The minimum Gasteiger partial charge on any atom is -0.348 e. The molecule has 0 fully saturated rings. The number of benzene rings is 1. The number of hydrogen-bond acceptors (Lipinski definition) is 4. The molecule has 2 aromatic heterocycles. The molecule has 3 rings (SSSR count). The van der Waals surface area contributed by atoms with Crippen molar-refractivity contribution in [3.8, 4) is 0 Å². The lowest BCUT2D eigenvalue weighted by molar-refractivity contribution is -0.122. The minimum absolute atomic E-state index is 0.0585. The van der Waals surface area contributed by atoms with Crippen molar-refractivity contribution in [3.63, 3.8) is 0 Å². The van der Waals surface area contributed by atoms with Gasteiger partial charge in [0.1, 0.15) is 11.4 Å². The lowest BCUT2D eigenvalue weighted by Gasteiger charge is -2.15. The van der Waals surface area contributed by atoms with Crippen LogP contribution in [0.1, 0.15) is 30.3 Å². The van der Waals surface area contributed by atoms with E-state index in [2.05, 4.69) is 10.3 Å². The van der Waals surface area contributed by atoms with Crippen LogP contribution in [0.2, 0.25) is 5.02 Å². The lowest BCUT2D eigenvalue weighted by atomic mass is 10.1. The normalized spacial score (nSPS) is 12.3. The van der Waals surface area contributed by atoms with Crippen molar-refractivity contribution in [1.82, 2.24) is 14.9 Å². The summed E-state index contributed by atoms with van der Waals surface area (Å²) in [6.45, 7) is 3.86. The number of carbonyl (C=O) groups is 1. The molecule has 0 aliphatic carbocycles.